The van der Waals surface area contributed by atoms with Gasteiger partial charge in [-0.1, -0.05) is 30.3 Å². The quantitative estimate of drug-likeness (QED) is 0.402. The number of carbonyl (C=O) groups is 1. The predicted molar refractivity (Wildman–Crippen MR) is 92.6 cm³/mol. The number of carbonyl (C=O) groups excluding carboxylic acids is 1. The van der Waals surface area contributed by atoms with Gasteiger partial charge in [-0.2, -0.15) is 0 Å². The van der Waals surface area contributed by atoms with Gasteiger partial charge in [-0.3, -0.25) is 14.9 Å². The van der Waals surface area contributed by atoms with Gasteiger partial charge in [-0.05, 0) is 31.5 Å². The van der Waals surface area contributed by atoms with E-state index in [-0.39, 0.29) is 11.5 Å². The molecule has 0 N–H and O–H groups in total. The topological polar surface area (TPSA) is 65.1 Å². The second-order valence-corrected chi connectivity index (χ2v) is 5.57. The summed E-state index contributed by atoms with van der Waals surface area (Å²) in [4.78, 5) is 22.8. The number of Topliss-reactive ketones (excluding diaryl/α,β-unsaturated/α-hetero) is 1. The average molecular weight is 320 g/mol. The molecule has 0 unspecified atom stereocenters. The summed E-state index contributed by atoms with van der Waals surface area (Å²) in [6.45, 7) is 3.39. The first-order valence-electron chi connectivity index (χ1n) is 7.52. The molecule has 1 aromatic heterocycles. The Morgan fingerprint density at radius 3 is 2.42 bits per heavy atom. The molecule has 0 aliphatic heterocycles. The van der Waals surface area contributed by atoms with E-state index in [1.165, 1.54) is 19.1 Å². The number of nitro benzene ring substituents is 1. The van der Waals surface area contributed by atoms with E-state index in [0.29, 0.717) is 16.7 Å². The monoisotopic (exact) mass is 320 g/mol. The van der Waals surface area contributed by atoms with Crippen LogP contribution in [0.4, 0.5) is 5.69 Å². The van der Waals surface area contributed by atoms with Crippen LogP contribution in [0.1, 0.15) is 23.0 Å². The second-order valence-electron chi connectivity index (χ2n) is 5.57. The number of ketones is 1. The lowest BCUT2D eigenvalue weighted by molar-refractivity contribution is -0.384. The van der Waals surface area contributed by atoms with Crippen LogP contribution >= 0.6 is 0 Å². The number of aromatic nitrogens is 1. The van der Waals surface area contributed by atoms with E-state index >= 15 is 0 Å². The summed E-state index contributed by atoms with van der Waals surface area (Å²) >= 11 is 0. The molecular formula is C19H16N2O3. The molecule has 0 bridgehead atoms. The van der Waals surface area contributed by atoms with E-state index in [1.807, 2.05) is 48.0 Å². The summed E-state index contributed by atoms with van der Waals surface area (Å²) in [5, 5.41) is 11.0. The fraction of sp³-hybridized carbons (Fsp3) is 0.105. The van der Waals surface area contributed by atoms with Crippen LogP contribution in [0.5, 0.6) is 0 Å². The number of nitro groups is 1. The smallest absolute Gasteiger partial charge is 0.270 e. The van der Waals surface area contributed by atoms with Gasteiger partial charge in [0.1, 0.15) is 0 Å². The highest BCUT2D eigenvalue weighted by Crippen LogP contribution is 2.32. The Morgan fingerprint density at radius 2 is 1.79 bits per heavy atom. The van der Waals surface area contributed by atoms with Crippen molar-refractivity contribution >= 4 is 11.5 Å². The summed E-state index contributed by atoms with van der Waals surface area (Å²) in [6.07, 6.45) is 1.86. The van der Waals surface area contributed by atoms with Crippen LogP contribution < -0.4 is 0 Å². The van der Waals surface area contributed by atoms with Crippen LogP contribution in [-0.4, -0.2) is 15.3 Å². The Kier molecular flexibility index (Phi) is 4.00. The molecule has 0 aliphatic carbocycles. The third kappa shape index (κ3) is 2.72. The lowest BCUT2D eigenvalue weighted by Crippen LogP contribution is -1.99. The highest BCUT2D eigenvalue weighted by molar-refractivity contribution is 6.02. The molecular weight excluding hydrogens is 304 g/mol. The molecule has 0 spiro atoms. The van der Waals surface area contributed by atoms with E-state index in [1.54, 1.807) is 12.1 Å². The van der Waals surface area contributed by atoms with Crippen molar-refractivity contribution in [1.82, 2.24) is 4.57 Å². The Morgan fingerprint density at radius 1 is 1.08 bits per heavy atom. The van der Waals surface area contributed by atoms with E-state index in [2.05, 4.69) is 0 Å². The van der Waals surface area contributed by atoms with Gasteiger partial charge in [0.2, 0.25) is 0 Å². The maximum Gasteiger partial charge on any atom is 0.270 e. The largest absolute Gasteiger partial charge is 0.320 e. The van der Waals surface area contributed by atoms with Crippen molar-refractivity contribution in [3.8, 4) is 16.8 Å². The molecule has 0 radical (unpaired) electrons. The van der Waals surface area contributed by atoms with Gasteiger partial charge in [0, 0.05) is 40.8 Å². The number of para-hydroxylation sites is 1. The standard InChI is InChI=1S/C19H16N2O3/c1-13-19(14(2)22)18(12-20(13)16-8-4-3-5-9-16)15-7-6-10-17(11-15)21(23)24/h3-12H,1-2H3. The molecule has 24 heavy (non-hydrogen) atoms. The fourth-order valence-electron chi connectivity index (χ4n) is 2.91. The first kappa shape index (κ1) is 15.7. The highest BCUT2D eigenvalue weighted by Gasteiger charge is 2.19. The van der Waals surface area contributed by atoms with Gasteiger partial charge < -0.3 is 4.57 Å². The zero-order valence-electron chi connectivity index (χ0n) is 13.4. The Hall–Kier alpha value is -3.21. The lowest BCUT2D eigenvalue weighted by Gasteiger charge is -2.05. The molecule has 0 fully saturated rings. The number of non-ortho nitro benzene ring substituents is 1. The number of benzene rings is 2. The average Bonchev–Trinajstić information content (AvgIpc) is 2.93. The molecule has 0 aliphatic rings. The number of rotatable bonds is 4. The fourth-order valence-corrected chi connectivity index (χ4v) is 2.91. The van der Waals surface area contributed by atoms with Crippen molar-refractivity contribution in [2.24, 2.45) is 0 Å². The van der Waals surface area contributed by atoms with Gasteiger partial charge in [-0.15, -0.1) is 0 Å². The molecule has 120 valence electrons. The van der Waals surface area contributed by atoms with Crippen LogP contribution in [0, 0.1) is 17.0 Å². The lowest BCUT2D eigenvalue weighted by atomic mass is 10.0. The maximum absolute atomic E-state index is 12.2. The zero-order chi connectivity index (χ0) is 17.3. The zero-order valence-corrected chi connectivity index (χ0v) is 13.4. The number of nitrogens with zero attached hydrogens (tertiary/aromatic N) is 2. The van der Waals surface area contributed by atoms with Crippen LogP contribution in [0.25, 0.3) is 16.8 Å². The highest BCUT2D eigenvalue weighted by atomic mass is 16.6. The Labute approximate surface area is 139 Å². The summed E-state index contributed by atoms with van der Waals surface area (Å²) in [5.41, 5.74) is 3.70. The molecule has 3 aromatic rings. The van der Waals surface area contributed by atoms with E-state index in [4.69, 9.17) is 0 Å². The van der Waals surface area contributed by atoms with Crippen molar-refractivity contribution in [1.29, 1.82) is 0 Å². The minimum Gasteiger partial charge on any atom is -0.320 e. The van der Waals surface area contributed by atoms with Crippen LogP contribution in [-0.2, 0) is 0 Å². The Bertz CT molecular complexity index is 927. The number of hydrogen-bond acceptors (Lipinski definition) is 3. The molecule has 1 heterocycles. The molecule has 0 amide bonds. The van der Waals surface area contributed by atoms with Crippen molar-refractivity contribution in [3.63, 3.8) is 0 Å². The van der Waals surface area contributed by atoms with Gasteiger partial charge in [0.05, 0.1) is 4.92 Å². The first-order chi connectivity index (χ1) is 11.5. The van der Waals surface area contributed by atoms with Gasteiger partial charge in [-0.25, -0.2) is 0 Å². The summed E-state index contributed by atoms with van der Waals surface area (Å²) in [7, 11) is 0. The van der Waals surface area contributed by atoms with Crippen LogP contribution in [0.15, 0.2) is 60.8 Å². The minimum absolute atomic E-state index is 0.00659. The SMILES string of the molecule is CC(=O)c1c(-c2cccc([N+](=O)[O-])c2)cn(-c2ccccc2)c1C. The summed E-state index contributed by atoms with van der Waals surface area (Å²) in [5.74, 6) is -0.0660. The van der Waals surface area contributed by atoms with Crippen molar-refractivity contribution in [2.45, 2.75) is 13.8 Å². The third-order valence-electron chi connectivity index (χ3n) is 4.01. The van der Waals surface area contributed by atoms with E-state index < -0.39 is 4.92 Å². The van der Waals surface area contributed by atoms with Crippen molar-refractivity contribution < 1.29 is 9.72 Å². The van der Waals surface area contributed by atoms with Crippen molar-refractivity contribution in [3.05, 3.63) is 82.2 Å². The van der Waals surface area contributed by atoms with Gasteiger partial charge in [0.15, 0.2) is 5.78 Å². The molecule has 3 rings (SSSR count). The van der Waals surface area contributed by atoms with E-state index in [9.17, 15) is 14.9 Å². The maximum atomic E-state index is 12.2. The van der Waals surface area contributed by atoms with Crippen LogP contribution in [0.2, 0.25) is 0 Å². The summed E-state index contributed by atoms with van der Waals surface area (Å²) in [6, 6.07) is 16.0. The predicted octanol–water partition coefficient (Wildman–Crippen LogP) is 4.56. The van der Waals surface area contributed by atoms with Crippen LogP contribution in [0.3, 0.4) is 0 Å². The first-order valence-corrected chi connectivity index (χ1v) is 7.52. The number of hydrogen-bond donors (Lipinski definition) is 0. The van der Waals surface area contributed by atoms with Crippen molar-refractivity contribution in [2.75, 3.05) is 0 Å². The summed E-state index contributed by atoms with van der Waals surface area (Å²) < 4.78 is 1.94. The molecule has 0 saturated heterocycles. The normalized spacial score (nSPS) is 10.6. The molecule has 0 atom stereocenters. The minimum atomic E-state index is -0.433. The van der Waals surface area contributed by atoms with E-state index in [0.717, 1.165) is 11.4 Å². The Balaban J connectivity index is 2.23. The van der Waals surface area contributed by atoms with Gasteiger partial charge >= 0.3 is 0 Å². The third-order valence-corrected chi connectivity index (χ3v) is 4.01. The molecule has 5 heteroatoms. The molecule has 2 aromatic carbocycles. The van der Waals surface area contributed by atoms with Gasteiger partial charge in [0.25, 0.3) is 5.69 Å². The second kappa shape index (κ2) is 6.12. The molecule has 5 nitrogen and oxygen atoms in total. The molecule has 0 saturated carbocycles.